The smallest absolute Gasteiger partial charge is 0.460 e. The summed E-state index contributed by atoms with van der Waals surface area (Å²) >= 11 is 0. The number of carbonyl (C=O) groups is 1. The molecule has 0 unspecified atom stereocenters. The molecule has 2 aromatic carbocycles. The SMILES string of the molecule is O=C(N1C[C@@H]2C[C@H]1c1c(O)n(-c3cccc4ccccc34)c(=O)n12)C(F)(F)C(F)(F)C(F)(F)F. The minimum Gasteiger partial charge on any atom is -0.493 e. The Balaban J connectivity index is 1.59. The molecule has 13 heteroatoms. The van der Waals surface area contributed by atoms with Crippen LogP contribution >= 0.6 is 0 Å². The molecule has 6 nitrogen and oxygen atoms in total. The lowest BCUT2D eigenvalue weighted by Crippen LogP contribution is -2.60. The first kappa shape index (κ1) is 22.3. The van der Waals surface area contributed by atoms with Crippen LogP contribution in [0.1, 0.15) is 24.2 Å². The molecule has 0 radical (unpaired) electrons. The van der Waals surface area contributed by atoms with Crippen molar-refractivity contribution in [2.24, 2.45) is 0 Å². The fourth-order valence-corrected chi connectivity index (χ4v) is 4.78. The molecule has 1 amide bonds. The second kappa shape index (κ2) is 6.76. The Kier molecular flexibility index (Phi) is 4.43. The number of hydrogen-bond donors (Lipinski definition) is 1. The zero-order valence-corrected chi connectivity index (χ0v) is 16.9. The summed E-state index contributed by atoms with van der Waals surface area (Å²) in [4.78, 5) is 25.5. The normalized spacial score (nSPS) is 20.3. The highest BCUT2D eigenvalue weighted by Gasteiger charge is 2.77. The molecule has 3 heterocycles. The Hall–Kier alpha value is -3.51. The van der Waals surface area contributed by atoms with E-state index in [1.807, 2.05) is 0 Å². The highest BCUT2D eigenvalue weighted by molar-refractivity contribution is 5.90. The van der Waals surface area contributed by atoms with Crippen molar-refractivity contribution in [3.63, 3.8) is 0 Å². The van der Waals surface area contributed by atoms with Crippen molar-refractivity contribution >= 4 is 16.7 Å². The quantitative estimate of drug-likeness (QED) is 0.562. The van der Waals surface area contributed by atoms with Crippen LogP contribution in [0.2, 0.25) is 0 Å². The number of halogens is 7. The predicted octanol–water partition coefficient (Wildman–Crippen LogP) is 4.16. The number of nitrogens with zero attached hydrogens (tertiary/aromatic N) is 3. The minimum absolute atomic E-state index is 0.173. The highest BCUT2D eigenvalue weighted by atomic mass is 19.4. The van der Waals surface area contributed by atoms with Gasteiger partial charge in [-0.1, -0.05) is 36.4 Å². The summed E-state index contributed by atoms with van der Waals surface area (Å²) in [6.45, 7) is -0.682. The van der Waals surface area contributed by atoms with E-state index < -0.39 is 54.1 Å². The number of imidazole rings is 1. The van der Waals surface area contributed by atoms with Crippen molar-refractivity contribution in [2.45, 2.75) is 36.5 Å². The fourth-order valence-electron chi connectivity index (χ4n) is 4.78. The van der Waals surface area contributed by atoms with E-state index in [-0.39, 0.29) is 22.7 Å². The Morgan fingerprint density at radius 1 is 0.971 bits per heavy atom. The lowest BCUT2D eigenvalue weighted by atomic mass is 10.1. The van der Waals surface area contributed by atoms with Crippen molar-refractivity contribution in [1.29, 1.82) is 0 Å². The summed E-state index contributed by atoms with van der Waals surface area (Å²) in [5.41, 5.74) is -0.807. The predicted molar refractivity (Wildman–Crippen MR) is 103 cm³/mol. The van der Waals surface area contributed by atoms with Crippen LogP contribution in [0.3, 0.4) is 0 Å². The Morgan fingerprint density at radius 2 is 1.62 bits per heavy atom. The monoisotopic (exact) mass is 489 g/mol. The molecular formula is C21H14F7N3O3. The molecule has 2 atom stereocenters. The number of alkyl halides is 7. The first-order valence-electron chi connectivity index (χ1n) is 9.96. The van der Waals surface area contributed by atoms with Crippen LogP contribution in [-0.4, -0.2) is 49.6 Å². The molecule has 0 spiro atoms. The summed E-state index contributed by atoms with van der Waals surface area (Å²) < 4.78 is 94.6. The van der Waals surface area contributed by atoms with Gasteiger partial charge >= 0.3 is 29.6 Å². The molecule has 0 saturated carbocycles. The van der Waals surface area contributed by atoms with Gasteiger partial charge in [0, 0.05) is 11.9 Å². The van der Waals surface area contributed by atoms with Crippen molar-refractivity contribution in [1.82, 2.24) is 14.0 Å². The average molecular weight is 489 g/mol. The number of aromatic hydroxyl groups is 1. The Labute approximate surface area is 185 Å². The van der Waals surface area contributed by atoms with E-state index in [9.17, 15) is 45.4 Å². The van der Waals surface area contributed by atoms with E-state index in [1.165, 1.54) is 6.07 Å². The average Bonchev–Trinajstić information content (AvgIpc) is 3.43. The van der Waals surface area contributed by atoms with Crippen molar-refractivity contribution < 1.29 is 40.6 Å². The maximum atomic E-state index is 14.1. The van der Waals surface area contributed by atoms with Crippen molar-refractivity contribution in [3.8, 4) is 11.6 Å². The number of amides is 1. The zero-order valence-electron chi connectivity index (χ0n) is 16.9. The third-order valence-corrected chi connectivity index (χ3v) is 6.34. The molecule has 180 valence electrons. The van der Waals surface area contributed by atoms with Gasteiger partial charge in [0.25, 0.3) is 0 Å². The van der Waals surface area contributed by atoms with Gasteiger partial charge in [0.1, 0.15) is 5.69 Å². The van der Waals surface area contributed by atoms with Crippen molar-refractivity contribution in [2.75, 3.05) is 6.54 Å². The standard InChI is InChI=1S/C21H14F7N3O3/c22-19(23,20(24,25)21(26,27)28)17(33)29-9-11-8-14(29)15-16(32)31(18(34)30(11)15)13-7-3-5-10-4-1-2-6-12(10)13/h1-7,11,14,32H,8-9H2/t11-,14-/m0/s1. The van der Waals surface area contributed by atoms with Crippen LogP contribution in [-0.2, 0) is 4.79 Å². The second-order valence-corrected chi connectivity index (χ2v) is 8.20. The van der Waals surface area contributed by atoms with E-state index in [0.717, 1.165) is 9.13 Å². The van der Waals surface area contributed by atoms with Gasteiger partial charge in [0.15, 0.2) is 0 Å². The van der Waals surface area contributed by atoms with Crippen LogP contribution < -0.4 is 5.69 Å². The largest absolute Gasteiger partial charge is 0.493 e. The molecule has 0 aliphatic carbocycles. The fraction of sp³-hybridized carbons (Fsp3) is 0.333. The Morgan fingerprint density at radius 3 is 2.29 bits per heavy atom. The van der Waals surface area contributed by atoms with Crippen LogP contribution in [0.25, 0.3) is 16.5 Å². The molecule has 2 aliphatic heterocycles. The summed E-state index contributed by atoms with van der Waals surface area (Å²) in [6.07, 6.45) is -6.85. The molecule has 3 aromatic rings. The highest BCUT2D eigenvalue weighted by Crippen LogP contribution is 2.53. The molecule has 1 N–H and O–H groups in total. The zero-order chi connectivity index (χ0) is 24.8. The van der Waals surface area contributed by atoms with Crippen LogP contribution in [0.15, 0.2) is 47.3 Å². The van der Waals surface area contributed by atoms with Gasteiger partial charge in [-0.3, -0.25) is 9.36 Å². The molecule has 1 aromatic heterocycles. The van der Waals surface area contributed by atoms with Crippen LogP contribution in [0, 0.1) is 0 Å². The van der Waals surface area contributed by atoms with Crippen LogP contribution in [0.5, 0.6) is 5.88 Å². The van der Waals surface area contributed by atoms with Crippen LogP contribution in [0.4, 0.5) is 30.7 Å². The summed E-state index contributed by atoms with van der Waals surface area (Å²) in [7, 11) is 0. The summed E-state index contributed by atoms with van der Waals surface area (Å²) in [6, 6.07) is 9.27. The maximum Gasteiger partial charge on any atom is 0.460 e. The molecule has 1 fully saturated rings. The molecule has 2 bridgehead atoms. The molecule has 5 rings (SSSR count). The minimum atomic E-state index is -6.66. The van der Waals surface area contributed by atoms with Gasteiger partial charge in [-0.25, -0.2) is 9.36 Å². The Bertz CT molecular complexity index is 1390. The third kappa shape index (κ3) is 2.69. The van der Waals surface area contributed by atoms with Gasteiger partial charge < -0.3 is 10.0 Å². The number of fused-ring (bicyclic) bond motifs is 6. The number of rotatable bonds is 3. The third-order valence-electron chi connectivity index (χ3n) is 6.34. The van der Waals surface area contributed by atoms with Crippen molar-refractivity contribution in [3.05, 3.63) is 58.6 Å². The molecule has 34 heavy (non-hydrogen) atoms. The van der Waals surface area contributed by atoms with E-state index in [2.05, 4.69) is 0 Å². The number of hydrogen-bond acceptors (Lipinski definition) is 3. The number of aromatic nitrogens is 2. The van der Waals surface area contributed by atoms with E-state index in [1.54, 1.807) is 36.4 Å². The number of carbonyl (C=O) groups excluding carboxylic acids is 1. The van der Waals surface area contributed by atoms with E-state index in [0.29, 0.717) is 10.8 Å². The first-order chi connectivity index (χ1) is 15.8. The maximum absolute atomic E-state index is 14.1. The molecule has 2 aliphatic rings. The van der Waals surface area contributed by atoms with Gasteiger partial charge in [0.2, 0.25) is 5.88 Å². The first-order valence-corrected chi connectivity index (χ1v) is 9.96. The molecular weight excluding hydrogens is 475 g/mol. The van der Waals surface area contributed by atoms with E-state index in [4.69, 9.17) is 0 Å². The number of likely N-dealkylation sites (tertiary alicyclic amines) is 1. The summed E-state index contributed by atoms with van der Waals surface area (Å²) in [5.74, 6) is -16.1. The van der Waals surface area contributed by atoms with E-state index >= 15 is 0 Å². The summed E-state index contributed by atoms with van der Waals surface area (Å²) in [5, 5.41) is 12.1. The second-order valence-electron chi connectivity index (χ2n) is 8.20. The number of benzene rings is 2. The van der Waals surface area contributed by atoms with Gasteiger partial charge in [-0.15, -0.1) is 0 Å². The van der Waals surface area contributed by atoms with Gasteiger partial charge in [-0.2, -0.15) is 30.7 Å². The lowest BCUT2D eigenvalue weighted by Gasteiger charge is -2.34. The topological polar surface area (TPSA) is 67.5 Å². The lowest BCUT2D eigenvalue weighted by molar-refractivity contribution is -0.346. The van der Waals surface area contributed by atoms with Gasteiger partial charge in [0.05, 0.1) is 17.8 Å². The van der Waals surface area contributed by atoms with Gasteiger partial charge in [-0.05, 0) is 17.9 Å². The molecule has 1 saturated heterocycles.